The number of carbonyl (C=O) groups is 4. The summed E-state index contributed by atoms with van der Waals surface area (Å²) in [6.07, 6.45) is -2.29. The monoisotopic (exact) mass is 403 g/mol. The maximum atomic E-state index is 10.3. The Kier molecular flexibility index (Phi) is 10.1. The van der Waals surface area contributed by atoms with Gasteiger partial charge in [0.25, 0.3) is 0 Å². The van der Waals surface area contributed by atoms with E-state index in [0.717, 1.165) is 4.90 Å². The third-order valence-electron chi connectivity index (χ3n) is 2.28. The van der Waals surface area contributed by atoms with Gasteiger partial charge in [-0.1, -0.05) is 0 Å². The fourth-order valence-corrected chi connectivity index (χ4v) is 1.63. The van der Waals surface area contributed by atoms with Crippen LogP contribution in [0.15, 0.2) is 4.76 Å². The smallest absolute Gasteiger partial charge is 0.451 e. The van der Waals surface area contributed by atoms with E-state index in [1.165, 1.54) is 7.05 Å². The summed E-state index contributed by atoms with van der Waals surface area (Å²) in [5.74, 6) is -6.71. The highest BCUT2D eigenvalue weighted by atomic mass is 31.2. The van der Waals surface area contributed by atoms with Crippen LogP contribution in [0.5, 0.6) is 0 Å². The van der Waals surface area contributed by atoms with Crippen molar-refractivity contribution in [1.82, 2.24) is 4.90 Å². The quantitative estimate of drug-likeness (QED) is 0.115. The van der Waals surface area contributed by atoms with Gasteiger partial charge in [0.2, 0.25) is 5.96 Å². The molecule has 0 atom stereocenters. The molecule has 150 valence electrons. The van der Waals surface area contributed by atoms with Crippen molar-refractivity contribution >= 4 is 37.6 Å². The van der Waals surface area contributed by atoms with Crippen molar-refractivity contribution < 1.29 is 59.1 Å². The molecular weight excluding hydrogens is 385 g/mol. The van der Waals surface area contributed by atoms with Gasteiger partial charge in [-0.05, 0) is 0 Å². The number of rotatable bonds is 8. The third-order valence-corrected chi connectivity index (χ3v) is 2.75. The lowest BCUT2D eigenvalue weighted by Gasteiger charge is -2.18. The lowest BCUT2D eigenvalue weighted by atomic mass is 9.96. The largest absolute Gasteiger partial charge is 0.481 e. The number of aliphatic hydroxyl groups is 1. The van der Waals surface area contributed by atoms with Crippen LogP contribution in [0, 0.1) is 0 Å². The number of aliphatic carboxylic acids is 4. The lowest BCUT2D eigenvalue weighted by molar-refractivity contribution is -0.170. The average Bonchev–Trinajstić information content (AvgIpc) is 2.34. The zero-order valence-corrected chi connectivity index (χ0v) is 14.1. The van der Waals surface area contributed by atoms with Gasteiger partial charge in [-0.25, -0.2) is 9.36 Å². The first kappa shape index (κ1) is 25.5. The molecule has 0 saturated carbocycles. The van der Waals surface area contributed by atoms with Crippen LogP contribution in [0.1, 0.15) is 12.8 Å². The molecule has 0 aromatic heterocycles. The average molecular weight is 403 g/mol. The van der Waals surface area contributed by atoms with Crippen molar-refractivity contribution in [2.24, 2.45) is 10.5 Å². The third kappa shape index (κ3) is 12.7. The summed E-state index contributed by atoms with van der Waals surface area (Å²) in [7, 11) is -3.34. The Morgan fingerprint density at radius 3 is 1.62 bits per heavy atom. The molecule has 0 radical (unpaired) electrons. The molecule has 0 saturated heterocycles. The fourth-order valence-electron chi connectivity index (χ4n) is 1.21. The molecule has 0 aromatic carbocycles. The zero-order valence-electron chi connectivity index (χ0n) is 13.2. The van der Waals surface area contributed by atoms with E-state index in [1.807, 2.05) is 0 Å². The van der Waals surface area contributed by atoms with Crippen molar-refractivity contribution in [3.63, 3.8) is 0 Å². The number of hydrogen-bond acceptors (Lipinski definition) is 6. The van der Waals surface area contributed by atoms with Crippen LogP contribution < -0.4 is 5.73 Å². The van der Waals surface area contributed by atoms with Gasteiger partial charge < -0.3 is 46.0 Å². The van der Waals surface area contributed by atoms with Crippen molar-refractivity contribution in [1.29, 1.82) is 0 Å². The lowest BCUT2D eigenvalue weighted by Crippen LogP contribution is -2.42. The highest BCUT2D eigenvalue weighted by Crippen LogP contribution is 2.35. The number of nitrogens with zero attached hydrogens (tertiary/aromatic N) is 2. The minimum absolute atomic E-state index is 0.477. The summed E-state index contributed by atoms with van der Waals surface area (Å²) in [6.45, 7) is -0.477. The molecule has 0 fully saturated rings. The maximum absolute atomic E-state index is 10.3. The van der Waals surface area contributed by atoms with E-state index in [4.69, 9.17) is 41.1 Å². The summed E-state index contributed by atoms with van der Waals surface area (Å²) < 4.78 is 13.1. The summed E-state index contributed by atoms with van der Waals surface area (Å²) in [5, 5.41) is 42.1. The first-order chi connectivity index (χ1) is 11.5. The van der Waals surface area contributed by atoms with Gasteiger partial charge in [0.15, 0.2) is 5.60 Å². The second kappa shape index (κ2) is 10.3. The van der Waals surface area contributed by atoms with Crippen molar-refractivity contribution in [3.05, 3.63) is 0 Å². The highest BCUT2D eigenvalue weighted by molar-refractivity contribution is 7.50. The van der Waals surface area contributed by atoms with Gasteiger partial charge in [-0.2, -0.15) is 0 Å². The summed E-state index contributed by atoms with van der Waals surface area (Å²) in [4.78, 5) is 58.2. The number of nitrogens with two attached hydrogens (primary N) is 1. The molecule has 0 aliphatic heterocycles. The van der Waals surface area contributed by atoms with Gasteiger partial charge in [-0.3, -0.25) is 14.4 Å². The van der Waals surface area contributed by atoms with E-state index in [1.54, 1.807) is 0 Å². The molecule has 0 spiro atoms. The van der Waals surface area contributed by atoms with E-state index in [9.17, 15) is 23.7 Å². The topological polar surface area (TPSA) is 269 Å². The number of carboxylic acid groups (broad SMARTS) is 4. The number of likely N-dealkylation sites (N-methyl/N-ethyl adjacent to an activating group) is 1. The molecule has 0 rings (SSSR count). The number of guanidine groups is 1. The predicted octanol–water partition coefficient (Wildman–Crippen LogP) is -2.84. The van der Waals surface area contributed by atoms with E-state index in [2.05, 4.69) is 4.76 Å². The molecule has 0 aliphatic rings. The van der Waals surface area contributed by atoms with E-state index in [-0.39, 0.29) is 0 Å². The minimum atomic E-state index is -4.59. The molecule has 0 aliphatic carbocycles. The SMILES string of the molecule is CN(CC(=O)O)/C(N)=N/P(=O)(O)O.O=C(O)CC(O)(CC(=O)O)C(=O)O. The zero-order chi connectivity index (χ0) is 21.3. The summed E-state index contributed by atoms with van der Waals surface area (Å²) >= 11 is 0. The van der Waals surface area contributed by atoms with E-state index in [0.29, 0.717) is 0 Å². The Labute approximate surface area is 145 Å². The van der Waals surface area contributed by atoms with E-state index >= 15 is 0 Å². The van der Waals surface area contributed by atoms with Gasteiger partial charge >= 0.3 is 31.6 Å². The van der Waals surface area contributed by atoms with Crippen LogP contribution in [0.25, 0.3) is 0 Å². The fraction of sp³-hybridized carbons (Fsp3) is 0.500. The van der Waals surface area contributed by atoms with Crippen molar-refractivity contribution in [2.45, 2.75) is 18.4 Å². The second-order valence-corrected chi connectivity index (χ2v) is 5.93. The van der Waals surface area contributed by atoms with Crippen LogP contribution in [0.3, 0.4) is 0 Å². The highest BCUT2D eigenvalue weighted by Gasteiger charge is 2.40. The maximum Gasteiger partial charge on any atom is 0.451 e. The molecule has 0 aromatic rings. The molecule has 9 N–H and O–H groups in total. The molecule has 16 heteroatoms. The first-order valence-corrected chi connectivity index (χ1v) is 7.80. The van der Waals surface area contributed by atoms with Crippen LogP contribution in [0.2, 0.25) is 0 Å². The Morgan fingerprint density at radius 1 is 1.00 bits per heavy atom. The minimum Gasteiger partial charge on any atom is -0.481 e. The molecule has 0 unspecified atom stereocenters. The molecular formula is C10H18N3O12P. The van der Waals surface area contributed by atoms with Crippen LogP contribution in [0.4, 0.5) is 0 Å². The van der Waals surface area contributed by atoms with Gasteiger partial charge in [0, 0.05) is 7.05 Å². The van der Waals surface area contributed by atoms with Gasteiger partial charge in [0.1, 0.15) is 6.54 Å². The Morgan fingerprint density at radius 2 is 1.38 bits per heavy atom. The normalized spacial score (nSPS) is 11.8. The van der Waals surface area contributed by atoms with Crippen LogP contribution in [-0.4, -0.2) is 89.2 Å². The van der Waals surface area contributed by atoms with Crippen molar-refractivity contribution in [3.8, 4) is 0 Å². The summed E-state index contributed by atoms with van der Waals surface area (Å²) in [6, 6.07) is 0. The predicted molar refractivity (Wildman–Crippen MR) is 81.0 cm³/mol. The molecule has 0 heterocycles. The van der Waals surface area contributed by atoms with Crippen LogP contribution in [-0.2, 0) is 23.7 Å². The Hall–Kier alpha value is -2.74. The molecule has 0 bridgehead atoms. The Balaban J connectivity index is 0. The van der Waals surface area contributed by atoms with Crippen LogP contribution >= 0.6 is 7.75 Å². The molecule has 26 heavy (non-hydrogen) atoms. The first-order valence-electron chi connectivity index (χ1n) is 6.23. The molecule has 0 amide bonds. The number of carboxylic acids is 4. The van der Waals surface area contributed by atoms with E-state index < -0.39 is 62.6 Å². The standard InChI is InChI=1S/C6H8O7.C4H10N3O5P/c7-3(8)1-6(13,5(11)12)2-4(9)10;1-7(2-3(8)9)4(5)6-13(10,11)12/h13H,1-2H2,(H,7,8)(H,9,10)(H,11,12);2H2,1H3,(H,8,9)(H4,5,6,10,11,12). The van der Waals surface area contributed by atoms with Crippen molar-refractivity contribution in [2.75, 3.05) is 13.6 Å². The van der Waals surface area contributed by atoms with Gasteiger partial charge in [-0.15, -0.1) is 4.76 Å². The molecule has 15 nitrogen and oxygen atoms in total. The summed E-state index contributed by atoms with van der Waals surface area (Å²) in [5.41, 5.74) is 2.33. The Bertz CT molecular complexity index is 611. The second-order valence-electron chi connectivity index (χ2n) is 4.70. The number of hydrogen-bond donors (Lipinski definition) is 8. The van der Waals surface area contributed by atoms with Gasteiger partial charge in [0.05, 0.1) is 12.8 Å².